The lowest BCUT2D eigenvalue weighted by atomic mass is 10.0. The Hall–Kier alpha value is -0.820. The zero-order valence-electron chi connectivity index (χ0n) is 7.52. The zero-order valence-corrected chi connectivity index (χ0v) is 9.11. The molecule has 0 spiro atoms. The lowest BCUT2D eigenvalue weighted by molar-refractivity contribution is 0.0343. The number of hydrogen-bond donors (Lipinski definition) is 2. The van der Waals surface area contributed by atoms with Crippen molar-refractivity contribution in [2.24, 2.45) is 0 Å². The fraction of sp³-hybridized carbons (Fsp3) is 0.273. The maximum absolute atomic E-state index is 9.62. The van der Waals surface area contributed by atoms with Gasteiger partial charge in [0.25, 0.3) is 0 Å². The fourth-order valence-corrected chi connectivity index (χ4v) is 1.44. The van der Waals surface area contributed by atoms with Crippen LogP contribution in [0, 0.1) is 12.3 Å². The van der Waals surface area contributed by atoms with Gasteiger partial charge in [0.05, 0.1) is 6.10 Å². The third kappa shape index (κ3) is 2.58. The van der Waals surface area contributed by atoms with E-state index in [-0.39, 0.29) is 0 Å². The Balaban J connectivity index is 2.82. The van der Waals surface area contributed by atoms with Gasteiger partial charge in [-0.3, -0.25) is 0 Å². The molecule has 2 atom stereocenters. The van der Waals surface area contributed by atoms with Crippen molar-refractivity contribution in [3.63, 3.8) is 0 Å². The Morgan fingerprint density at radius 3 is 2.29 bits per heavy atom. The highest BCUT2D eigenvalue weighted by Gasteiger charge is 2.16. The summed E-state index contributed by atoms with van der Waals surface area (Å²) in [5.41, 5.74) is 1.42. The van der Waals surface area contributed by atoms with E-state index < -0.39 is 12.2 Å². The summed E-state index contributed by atoms with van der Waals surface area (Å²) in [7, 11) is 0. The monoisotopic (exact) mass is 254 g/mol. The van der Waals surface area contributed by atoms with Crippen molar-refractivity contribution in [2.45, 2.75) is 12.2 Å². The largest absolute Gasteiger partial charge is 0.389 e. The SMILES string of the molecule is C#Cc1ccc(C(O)C(O)CBr)cc1. The highest BCUT2D eigenvalue weighted by atomic mass is 79.9. The third-order valence-corrected chi connectivity index (χ3v) is 2.60. The van der Waals surface area contributed by atoms with Crippen molar-refractivity contribution in [1.29, 1.82) is 0 Å². The Morgan fingerprint density at radius 1 is 1.29 bits per heavy atom. The topological polar surface area (TPSA) is 40.5 Å². The van der Waals surface area contributed by atoms with Crippen LogP contribution >= 0.6 is 15.9 Å². The van der Waals surface area contributed by atoms with Crippen molar-refractivity contribution in [3.8, 4) is 12.3 Å². The maximum atomic E-state index is 9.62. The second-order valence-corrected chi connectivity index (χ2v) is 3.58. The van der Waals surface area contributed by atoms with Crippen molar-refractivity contribution in [1.82, 2.24) is 0 Å². The molecule has 1 rings (SSSR count). The standard InChI is InChI=1S/C11H11BrO2/c1-2-8-3-5-9(6-4-8)11(14)10(13)7-12/h1,3-6,10-11,13-14H,7H2. The van der Waals surface area contributed by atoms with Crippen LogP contribution in [0.5, 0.6) is 0 Å². The van der Waals surface area contributed by atoms with Gasteiger partial charge in [-0.05, 0) is 17.7 Å². The molecule has 0 amide bonds. The highest BCUT2D eigenvalue weighted by molar-refractivity contribution is 9.09. The molecule has 3 heteroatoms. The van der Waals surface area contributed by atoms with Crippen LogP contribution in [0.25, 0.3) is 0 Å². The summed E-state index contributed by atoms with van der Waals surface area (Å²) in [5, 5.41) is 19.3. The van der Waals surface area contributed by atoms with Crippen LogP contribution in [0.15, 0.2) is 24.3 Å². The number of alkyl halides is 1. The molecule has 0 saturated carbocycles. The van der Waals surface area contributed by atoms with E-state index in [1.165, 1.54) is 0 Å². The molecule has 2 unspecified atom stereocenters. The van der Waals surface area contributed by atoms with E-state index in [0.717, 1.165) is 5.56 Å². The summed E-state index contributed by atoms with van der Waals surface area (Å²) in [6.45, 7) is 0. The first-order chi connectivity index (χ1) is 6.69. The normalized spacial score (nSPS) is 14.4. The first-order valence-corrected chi connectivity index (χ1v) is 5.30. The lowest BCUT2D eigenvalue weighted by Gasteiger charge is -2.15. The minimum Gasteiger partial charge on any atom is -0.389 e. The molecule has 0 radical (unpaired) electrons. The van der Waals surface area contributed by atoms with Crippen molar-refractivity contribution >= 4 is 15.9 Å². The molecule has 0 aliphatic heterocycles. The Kier molecular flexibility index (Phi) is 4.15. The molecule has 2 N–H and O–H groups in total. The van der Waals surface area contributed by atoms with Crippen molar-refractivity contribution in [3.05, 3.63) is 35.4 Å². The molecule has 1 aromatic rings. The van der Waals surface area contributed by atoms with Crippen LogP contribution in [-0.2, 0) is 0 Å². The second kappa shape index (κ2) is 5.16. The van der Waals surface area contributed by atoms with Crippen molar-refractivity contribution < 1.29 is 10.2 Å². The summed E-state index contributed by atoms with van der Waals surface area (Å²) >= 11 is 3.10. The molecule has 14 heavy (non-hydrogen) atoms. The first kappa shape index (κ1) is 11.3. The number of rotatable bonds is 3. The molecular formula is C11H11BrO2. The smallest absolute Gasteiger partial charge is 0.106 e. The van der Waals surface area contributed by atoms with Gasteiger partial charge in [-0.2, -0.15) is 0 Å². The van der Waals surface area contributed by atoms with Gasteiger partial charge < -0.3 is 10.2 Å². The van der Waals surface area contributed by atoms with Crippen molar-refractivity contribution in [2.75, 3.05) is 5.33 Å². The number of hydrogen-bond acceptors (Lipinski definition) is 2. The number of terminal acetylenes is 1. The maximum Gasteiger partial charge on any atom is 0.106 e. The van der Waals surface area contributed by atoms with Crippen LogP contribution < -0.4 is 0 Å². The molecule has 0 heterocycles. The summed E-state index contributed by atoms with van der Waals surface area (Å²) in [6.07, 6.45) is 3.52. The minimum atomic E-state index is -0.874. The van der Waals surface area contributed by atoms with Gasteiger partial charge in [0, 0.05) is 10.9 Å². The average Bonchev–Trinajstić information content (AvgIpc) is 2.27. The van der Waals surface area contributed by atoms with Gasteiger partial charge in [0.1, 0.15) is 6.10 Å². The molecule has 0 saturated heterocycles. The fourth-order valence-electron chi connectivity index (χ4n) is 1.08. The van der Waals surface area contributed by atoms with Crippen LogP contribution in [-0.4, -0.2) is 21.6 Å². The summed E-state index contributed by atoms with van der Waals surface area (Å²) < 4.78 is 0. The molecule has 74 valence electrons. The van der Waals surface area contributed by atoms with Gasteiger partial charge in [0.2, 0.25) is 0 Å². The zero-order chi connectivity index (χ0) is 10.6. The predicted molar refractivity (Wildman–Crippen MR) is 59.1 cm³/mol. The molecule has 0 aliphatic carbocycles. The number of benzene rings is 1. The van der Waals surface area contributed by atoms with E-state index in [1.54, 1.807) is 24.3 Å². The van der Waals surface area contributed by atoms with Crippen LogP contribution in [0.4, 0.5) is 0 Å². The van der Waals surface area contributed by atoms with E-state index in [2.05, 4.69) is 21.9 Å². The van der Waals surface area contributed by atoms with E-state index in [0.29, 0.717) is 10.9 Å². The average molecular weight is 255 g/mol. The first-order valence-electron chi connectivity index (χ1n) is 4.17. The summed E-state index contributed by atoms with van der Waals surface area (Å²) in [5.74, 6) is 2.48. The van der Waals surface area contributed by atoms with Crippen LogP contribution in [0.1, 0.15) is 17.2 Å². The molecule has 0 bridgehead atoms. The van der Waals surface area contributed by atoms with Crippen LogP contribution in [0.3, 0.4) is 0 Å². The molecule has 1 aromatic carbocycles. The molecule has 0 fully saturated rings. The summed E-state index contributed by atoms with van der Waals surface area (Å²) in [6, 6.07) is 6.90. The number of aliphatic hydroxyl groups excluding tert-OH is 2. The number of halogens is 1. The third-order valence-electron chi connectivity index (χ3n) is 1.94. The molecule has 0 aliphatic rings. The second-order valence-electron chi connectivity index (χ2n) is 2.93. The Bertz CT molecular complexity index is 326. The summed E-state index contributed by atoms with van der Waals surface area (Å²) in [4.78, 5) is 0. The quantitative estimate of drug-likeness (QED) is 0.634. The van der Waals surface area contributed by atoms with E-state index in [9.17, 15) is 10.2 Å². The molecule has 2 nitrogen and oxygen atoms in total. The van der Waals surface area contributed by atoms with Gasteiger partial charge in [-0.15, -0.1) is 6.42 Å². The molecule has 0 aromatic heterocycles. The molecular weight excluding hydrogens is 244 g/mol. The Morgan fingerprint density at radius 2 is 1.86 bits per heavy atom. The minimum absolute atomic E-state index is 0.338. The van der Waals surface area contributed by atoms with E-state index in [1.807, 2.05) is 0 Å². The van der Waals surface area contributed by atoms with Crippen LogP contribution in [0.2, 0.25) is 0 Å². The Labute approximate surface area is 91.7 Å². The van der Waals surface area contributed by atoms with Gasteiger partial charge >= 0.3 is 0 Å². The number of aliphatic hydroxyl groups is 2. The van der Waals surface area contributed by atoms with E-state index in [4.69, 9.17) is 6.42 Å². The van der Waals surface area contributed by atoms with Gasteiger partial charge in [-0.25, -0.2) is 0 Å². The van der Waals surface area contributed by atoms with Gasteiger partial charge in [-0.1, -0.05) is 34.0 Å². The van der Waals surface area contributed by atoms with E-state index >= 15 is 0 Å². The highest BCUT2D eigenvalue weighted by Crippen LogP contribution is 2.18. The predicted octanol–water partition coefficient (Wildman–Crippen LogP) is 1.46. The van der Waals surface area contributed by atoms with Gasteiger partial charge in [0.15, 0.2) is 0 Å². The lowest BCUT2D eigenvalue weighted by Crippen LogP contribution is -2.19.